The average Bonchev–Trinajstić information content (AvgIpc) is 3.36. The van der Waals surface area contributed by atoms with E-state index in [0.29, 0.717) is 20.3 Å². The molecule has 1 unspecified atom stereocenters. The highest BCUT2D eigenvalue weighted by Crippen LogP contribution is 2.42. The third-order valence-corrected chi connectivity index (χ3v) is 5.73. The Labute approximate surface area is 180 Å². The maximum Gasteiger partial charge on any atom is 0.435 e. The van der Waals surface area contributed by atoms with Crippen LogP contribution in [0.3, 0.4) is 0 Å². The van der Waals surface area contributed by atoms with Gasteiger partial charge in [0.05, 0.1) is 23.1 Å². The summed E-state index contributed by atoms with van der Waals surface area (Å²) in [5, 5.41) is 17.2. The van der Waals surface area contributed by atoms with E-state index in [2.05, 4.69) is 42.3 Å². The van der Waals surface area contributed by atoms with Gasteiger partial charge in [0, 0.05) is 32.7 Å². The number of non-ortho nitro benzene ring substituents is 1. The van der Waals surface area contributed by atoms with Crippen molar-refractivity contribution in [1.82, 2.24) is 9.78 Å². The molecule has 1 N–H and O–H groups in total. The van der Waals surface area contributed by atoms with Crippen LogP contribution in [0.2, 0.25) is 0 Å². The van der Waals surface area contributed by atoms with Crippen LogP contribution in [0.4, 0.5) is 24.5 Å². The lowest BCUT2D eigenvalue weighted by molar-refractivity contribution is -0.385. The molecule has 2 aromatic rings. The van der Waals surface area contributed by atoms with Gasteiger partial charge in [-0.1, -0.05) is 6.92 Å². The monoisotopic (exact) mass is 538 g/mol. The highest BCUT2D eigenvalue weighted by molar-refractivity contribution is 9.11. The third kappa shape index (κ3) is 4.97. The Bertz CT molecular complexity index is 950. The lowest BCUT2D eigenvalue weighted by Gasteiger charge is -2.16. The Morgan fingerprint density at radius 3 is 2.41 bits per heavy atom. The number of hydrogen-bond acceptors (Lipinski definition) is 4. The summed E-state index contributed by atoms with van der Waals surface area (Å²) in [6.07, 6.45) is -2.95. The largest absolute Gasteiger partial charge is 0.435 e. The van der Waals surface area contributed by atoms with Gasteiger partial charge in [0.25, 0.3) is 5.69 Å². The summed E-state index contributed by atoms with van der Waals surface area (Å²) >= 11 is 6.37. The van der Waals surface area contributed by atoms with Crippen LogP contribution in [0.15, 0.2) is 27.1 Å². The number of alkyl halides is 3. The SMILES string of the molecule is CC(Cn1nc(C(F)(F)F)cc1C1CC1)C(=O)Nc1c(Br)cc([N+](=O)[O-])cc1Br. The highest BCUT2D eigenvalue weighted by atomic mass is 79.9. The number of hydrogen-bond donors (Lipinski definition) is 1. The van der Waals surface area contributed by atoms with Crippen LogP contribution in [0.5, 0.6) is 0 Å². The minimum absolute atomic E-state index is 0.0179. The molecule has 3 rings (SSSR count). The fourth-order valence-electron chi connectivity index (χ4n) is 2.80. The van der Waals surface area contributed by atoms with Crippen molar-refractivity contribution >= 4 is 49.1 Å². The standard InChI is InChI=1S/C17H15Br2F3N4O3/c1-8(7-25-13(9-2-3-9)6-14(24-25)17(20,21)22)16(27)23-15-11(18)4-10(26(28)29)5-12(15)19/h4-6,8-9H,2-3,7H2,1H3,(H,23,27). The van der Waals surface area contributed by atoms with Gasteiger partial charge in [-0.15, -0.1) is 0 Å². The van der Waals surface area contributed by atoms with Crippen molar-refractivity contribution < 1.29 is 22.9 Å². The highest BCUT2D eigenvalue weighted by Gasteiger charge is 2.38. The Kier molecular flexibility index (Phi) is 6.04. The number of rotatable bonds is 6. The summed E-state index contributed by atoms with van der Waals surface area (Å²) in [6.45, 7) is 1.56. The number of nitrogens with zero attached hydrogens (tertiary/aromatic N) is 3. The van der Waals surface area contributed by atoms with E-state index in [1.165, 1.54) is 16.8 Å². The molecule has 0 saturated heterocycles. The molecule has 1 heterocycles. The summed E-state index contributed by atoms with van der Waals surface area (Å²) in [4.78, 5) is 22.9. The zero-order valence-electron chi connectivity index (χ0n) is 15.0. The summed E-state index contributed by atoms with van der Waals surface area (Å²) in [7, 11) is 0. The number of halogens is 5. The van der Waals surface area contributed by atoms with Gasteiger partial charge in [0.2, 0.25) is 5.91 Å². The number of nitro benzene ring substituents is 1. The van der Waals surface area contributed by atoms with Gasteiger partial charge in [0.1, 0.15) is 0 Å². The van der Waals surface area contributed by atoms with Crippen molar-refractivity contribution in [3.8, 4) is 0 Å². The second-order valence-corrected chi connectivity index (χ2v) is 8.55. The zero-order valence-corrected chi connectivity index (χ0v) is 18.1. The maximum absolute atomic E-state index is 13.0. The molecule has 0 aliphatic heterocycles. The zero-order chi connectivity index (χ0) is 21.5. The normalized spacial score (nSPS) is 15.2. The molecule has 1 amide bonds. The summed E-state index contributed by atoms with van der Waals surface area (Å²) in [5.74, 6) is -1.11. The van der Waals surface area contributed by atoms with Gasteiger partial charge >= 0.3 is 6.18 Å². The minimum Gasteiger partial charge on any atom is -0.324 e. The minimum atomic E-state index is -4.55. The first-order valence-corrected chi connectivity index (χ1v) is 10.1. The topological polar surface area (TPSA) is 90.1 Å². The van der Waals surface area contributed by atoms with Crippen molar-refractivity contribution in [3.63, 3.8) is 0 Å². The first kappa shape index (κ1) is 21.8. The first-order chi connectivity index (χ1) is 13.5. The second-order valence-electron chi connectivity index (χ2n) is 6.84. The number of anilines is 1. The Morgan fingerprint density at radius 1 is 1.34 bits per heavy atom. The van der Waals surface area contributed by atoms with Crippen LogP contribution >= 0.6 is 31.9 Å². The van der Waals surface area contributed by atoms with Crippen LogP contribution in [0.1, 0.15) is 37.1 Å². The smallest absolute Gasteiger partial charge is 0.324 e. The molecule has 1 aliphatic carbocycles. The van der Waals surface area contributed by atoms with Gasteiger partial charge in [-0.25, -0.2) is 0 Å². The van der Waals surface area contributed by atoms with E-state index in [4.69, 9.17) is 0 Å². The van der Waals surface area contributed by atoms with E-state index < -0.39 is 28.6 Å². The maximum atomic E-state index is 13.0. The Balaban J connectivity index is 1.77. The van der Waals surface area contributed by atoms with Crippen LogP contribution < -0.4 is 5.32 Å². The van der Waals surface area contributed by atoms with Crippen molar-refractivity contribution in [2.24, 2.45) is 5.92 Å². The first-order valence-electron chi connectivity index (χ1n) is 8.56. The quantitative estimate of drug-likeness (QED) is 0.388. The molecule has 29 heavy (non-hydrogen) atoms. The van der Waals surface area contributed by atoms with Gasteiger partial charge < -0.3 is 5.32 Å². The molecule has 0 radical (unpaired) electrons. The molecular weight excluding hydrogens is 525 g/mol. The van der Waals surface area contributed by atoms with E-state index >= 15 is 0 Å². The molecule has 0 spiro atoms. The van der Waals surface area contributed by atoms with Crippen molar-refractivity contribution in [2.75, 3.05) is 5.32 Å². The number of benzene rings is 1. The Morgan fingerprint density at radius 2 is 1.93 bits per heavy atom. The van der Waals surface area contributed by atoms with Crippen LogP contribution in [0.25, 0.3) is 0 Å². The Hall–Kier alpha value is -1.95. The summed E-state index contributed by atoms with van der Waals surface area (Å²) in [6, 6.07) is 3.55. The molecule has 1 saturated carbocycles. The van der Waals surface area contributed by atoms with Crippen LogP contribution in [-0.4, -0.2) is 20.6 Å². The predicted molar refractivity (Wildman–Crippen MR) is 105 cm³/mol. The van der Waals surface area contributed by atoms with Crippen molar-refractivity contribution in [3.05, 3.63) is 48.6 Å². The molecule has 1 atom stereocenters. The van der Waals surface area contributed by atoms with E-state index in [-0.39, 0.29) is 18.2 Å². The third-order valence-electron chi connectivity index (χ3n) is 4.48. The summed E-state index contributed by atoms with van der Waals surface area (Å²) in [5.41, 5.74) is -0.353. The molecule has 156 valence electrons. The van der Waals surface area contributed by atoms with Crippen molar-refractivity contribution in [2.45, 2.75) is 38.4 Å². The molecule has 7 nitrogen and oxygen atoms in total. The fourth-order valence-corrected chi connectivity index (χ4v) is 4.16. The van der Waals surface area contributed by atoms with E-state index in [0.717, 1.165) is 18.9 Å². The van der Waals surface area contributed by atoms with Gasteiger partial charge in [-0.3, -0.25) is 19.6 Å². The van der Waals surface area contributed by atoms with Crippen LogP contribution in [0, 0.1) is 16.0 Å². The van der Waals surface area contributed by atoms with E-state index in [9.17, 15) is 28.1 Å². The average molecular weight is 540 g/mol. The number of carbonyl (C=O) groups excluding carboxylic acids is 1. The summed E-state index contributed by atoms with van der Waals surface area (Å²) < 4.78 is 40.9. The van der Waals surface area contributed by atoms with E-state index in [1.807, 2.05) is 0 Å². The number of aromatic nitrogens is 2. The molecule has 1 fully saturated rings. The predicted octanol–water partition coefficient (Wildman–Crippen LogP) is 5.49. The number of carbonyl (C=O) groups is 1. The molecule has 1 aromatic carbocycles. The number of nitro groups is 1. The lowest BCUT2D eigenvalue weighted by atomic mass is 10.1. The van der Waals surface area contributed by atoms with E-state index in [1.54, 1.807) is 6.92 Å². The fraction of sp³-hybridized carbons (Fsp3) is 0.412. The number of nitrogens with one attached hydrogen (secondary N) is 1. The molecule has 1 aliphatic rings. The number of amides is 1. The van der Waals surface area contributed by atoms with Gasteiger partial charge in [0.15, 0.2) is 5.69 Å². The molecule has 1 aromatic heterocycles. The van der Waals surface area contributed by atoms with Gasteiger partial charge in [-0.05, 0) is 50.8 Å². The lowest BCUT2D eigenvalue weighted by Crippen LogP contribution is -2.26. The van der Waals surface area contributed by atoms with Crippen molar-refractivity contribution in [1.29, 1.82) is 0 Å². The molecular formula is C17H15Br2F3N4O3. The molecule has 0 bridgehead atoms. The molecule has 12 heteroatoms. The second kappa shape index (κ2) is 8.05. The van der Waals surface area contributed by atoms with Crippen LogP contribution in [-0.2, 0) is 17.5 Å². The van der Waals surface area contributed by atoms with Gasteiger partial charge in [-0.2, -0.15) is 18.3 Å².